The van der Waals surface area contributed by atoms with E-state index in [1.165, 1.54) is 5.56 Å². The average molecular weight is 282 g/mol. The number of aromatic nitrogens is 2. The fourth-order valence-electron chi connectivity index (χ4n) is 3.15. The Morgan fingerprint density at radius 1 is 1.19 bits per heavy atom. The molecule has 1 aromatic heterocycles. The summed E-state index contributed by atoms with van der Waals surface area (Å²) in [6.07, 6.45) is 5.43. The van der Waals surface area contributed by atoms with Gasteiger partial charge in [-0.05, 0) is 30.2 Å². The highest BCUT2D eigenvalue weighted by Crippen LogP contribution is 2.34. The van der Waals surface area contributed by atoms with Gasteiger partial charge in [0.25, 0.3) is 0 Å². The van der Waals surface area contributed by atoms with Crippen LogP contribution in [-0.4, -0.2) is 15.6 Å². The van der Waals surface area contributed by atoms with Crippen molar-refractivity contribution in [1.29, 1.82) is 0 Å². The van der Waals surface area contributed by atoms with Gasteiger partial charge in [0, 0.05) is 18.7 Å². The third-order valence-corrected chi connectivity index (χ3v) is 4.21. The van der Waals surface area contributed by atoms with Crippen molar-refractivity contribution in [3.8, 4) is 0 Å². The highest BCUT2D eigenvalue weighted by molar-refractivity contribution is 5.98. The number of benzene rings is 1. The zero-order chi connectivity index (χ0) is 14.9. The van der Waals surface area contributed by atoms with Gasteiger partial charge in [-0.3, -0.25) is 9.48 Å². The number of fused-ring (bicyclic) bond motifs is 1. The molecule has 3 nitrogen and oxygen atoms in total. The van der Waals surface area contributed by atoms with Crippen LogP contribution < -0.4 is 0 Å². The van der Waals surface area contributed by atoms with Crippen molar-refractivity contribution in [3.05, 3.63) is 53.3 Å². The molecule has 0 spiro atoms. The largest absolute Gasteiger partial charge is 0.294 e. The van der Waals surface area contributed by atoms with Crippen LogP contribution in [0.2, 0.25) is 0 Å². The Bertz CT molecular complexity index is 640. The molecular weight excluding hydrogens is 260 g/mol. The Balaban J connectivity index is 1.69. The van der Waals surface area contributed by atoms with E-state index in [9.17, 15) is 4.79 Å². The van der Waals surface area contributed by atoms with E-state index in [0.717, 1.165) is 37.1 Å². The van der Waals surface area contributed by atoms with E-state index in [-0.39, 0.29) is 11.2 Å². The molecule has 0 fully saturated rings. The maximum Gasteiger partial charge on any atom is 0.166 e. The van der Waals surface area contributed by atoms with Crippen molar-refractivity contribution in [2.75, 3.05) is 0 Å². The first kappa shape index (κ1) is 14.1. The second kappa shape index (κ2) is 5.47. The van der Waals surface area contributed by atoms with E-state index < -0.39 is 0 Å². The topological polar surface area (TPSA) is 34.9 Å². The van der Waals surface area contributed by atoms with Crippen LogP contribution in [0.4, 0.5) is 0 Å². The smallest absolute Gasteiger partial charge is 0.166 e. The average Bonchev–Trinajstić information content (AvgIpc) is 2.82. The molecule has 3 heteroatoms. The number of Topliss-reactive ketones (excluding diaryl/α,β-unsaturated/α-hetero) is 1. The highest BCUT2D eigenvalue weighted by atomic mass is 16.1. The first-order valence-corrected chi connectivity index (χ1v) is 7.67. The van der Waals surface area contributed by atoms with Gasteiger partial charge in [-0.25, -0.2) is 0 Å². The Labute approximate surface area is 126 Å². The van der Waals surface area contributed by atoms with Gasteiger partial charge >= 0.3 is 0 Å². The number of rotatable bonds is 4. The van der Waals surface area contributed by atoms with Crippen molar-refractivity contribution in [1.82, 2.24) is 9.78 Å². The quantitative estimate of drug-likeness (QED) is 0.857. The molecule has 0 unspecified atom stereocenters. The Hall–Kier alpha value is -1.90. The molecule has 3 rings (SSSR count). The van der Waals surface area contributed by atoms with Crippen LogP contribution in [0.3, 0.4) is 0 Å². The van der Waals surface area contributed by atoms with Crippen LogP contribution in [0.1, 0.15) is 48.3 Å². The van der Waals surface area contributed by atoms with Gasteiger partial charge in [0.1, 0.15) is 0 Å². The van der Waals surface area contributed by atoms with Crippen molar-refractivity contribution in [3.63, 3.8) is 0 Å². The zero-order valence-electron chi connectivity index (χ0n) is 12.8. The second-order valence-corrected chi connectivity index (χ2v) is 6.76. The summed E-state index contributed by atoms with van der Waals surface area (Å²) >= 11 is 0. The maximum absolute atomic E-state index is 12.2. The summed E-state index contributed by atoms with van der Waals surface area (Å²) in [7, 11) is 0. The van der Waals surface area contributed by atoms with E-state index in [4.69, 9.17) is 0 Å². The molecule has 1 heterocycles. The van der Waals surface area contributed by atoms with E-state index in [0.29, 0.717) is 6.42 Å². The van der Waals surface area contributed by atoms with Gasteiger partial charge in [-0.15, -0.1) is 0 Å². The molecule has 110 valence electrons. The predicted molar refractivity (Wildman–Crippen MR) is 83.4 cm³/mol. The highest BCUT2D eigenvalue weighted by Gasteiger charge is 2.33. The first-order valence-electron chi connectivity index (χ1n) is 7.67. The number of ketones is 1. The summed E-state index contributed by atoms with van der Waals surface area (Å²) in [5, 5.41) is 4.44. The minimum Gasteiger partial charge on any atom is -0.294 e. The summed E-state index contributed by atoms with van der Waals surface area (Å²) in [5.74, 6) is 0.246. The molecule has 0 bridgehead atoms. The van der Waals surface area contributed by atoms with Crippen LogP contribution in [0.25, 0.3) is 0 Å². The van der Waals surface area contributed by atoms with E-state index >= 15 is 0 Å². The predicted octanol–water partition coefficient (Wildman–Crippen LogP) is 3.67. The summed E-state index contributed by atoms with van der Waals surface area (Å²) in [6.45, 7) is 5.21. The van der Waals surface area contributed by atoms with E-state index in [2.05, 4.69) is 43.2 Å². The van der Waals surface area contributed by atoms with Crippen LogP contribution in [0, 0.1) is 5.41 Å². The van der Waals surface area contributed by atoms with Crippen LogP contribution >= 0.6 is 0 Å². The number of carbonyl (C=O) groups is 1. The molecule has 21 heavy (non-hydrogen) atoms. The fourth-order valence-corrected chi connectivity index (χ4v) is 3.15. The molecule has 0 atom stereocenters. The van der Waals surface area contributed by atoms with Gasteiger partial charge in [-0.2, -0.15) is 5.10 Å². The summed E-state index contributed by atoms with van der Waals surface area (Å²) in [5.41, 5.74) is 3.38. The molecule has 1 aliphatic carbocycles. The molecule has 1 aliphatic rings. The second-order valence-electron chi connectivity index (χ2n) is 6.76. The third kappa shape index (κ3) is 3.07. The lowest BCUT2D eigenvalue weighted by Gasteiger charge is -2.28. The van der Waals surface area contributed by atoms with Crippen molar-refractivity contribution in [2.45, 2.75) is 46.1 Å². The van der Waals surface area contributed by atoms with Crippen LogP contribution in [0.15, 0.2) is 36.5 Å². The zero-order valence-corrected chi connectivity index (χ0v) is 12.8. The fraction of sp³-hybridized carbons (Fsp3) is 0.444. The Morgan fingerprint density at radius 3 is 2.71 bits per heavy atom. The van der Waals surface area contributed by atoms with Gasteiger partial charge in [0.15, 0.2) is 5.78 Å². The van der Waals surface area contributed by atoms with Crippen molar-refractivity contribution in [2.24, 2.45) is 5.41 Å². The Kier molecular flexibility index (Phi) is 3.66. The van der Waals surface area contributed by atoms with Crippen molar-refractivity contribution >= 4 is 5.78 Å². The number of hydrogen-bond donors (Lipinski definition) is 0. The first-order chi connectivity index (χ1) is 10.1. The number of aryl methyl sites for hydroxylation is 2. The van der Waals surface area contributed by atoms with Crippen LogP contribution in [-0.2, 0) is 19.4 Å². The monoisotopic (exact) mass is 282 g/mol. The lowest BCUT2D eigenvalue weighted by atomic mass is 9.76. The third-order valence-electron chi connectivity index (χ3n) is 4.21. The Morgan fingerprint density at radius 2 is 1.95 bits per heavy atom. The van der Waals surface area contributed by atoms with Crippen molar-refractivity contribution < 1.29 is 4.79 Å². The van der Waals surface area contributed by atoms with E-state index in [1.54, 1.807) is 6.20 Å². The molecular formula is C18H22N2O. The number of carbonyl (C=O) groups excluding carboxylic acids is 1. The van der Waals surface area contributed by atoms with Gasteiger partial charge < -0.3 is 0 Å². The molecule has 1 aromatic carbocycles. The maximum atomic E-state index is 12.2. The molecule has 2 aromatic rings. The normalized spacial score (nSPS) is 16.8. The number of nitrogens with zero attached hydrogens (tertiary/aromatic N) is 2. The summed E-state index contributed by atoms with van der Waals surface area (Å²) in [4.78, 5) is 12.2. The lowest BCUT2D eigenvalue weighted by Crippen LogP contribution is -2.28. The molecule has 0 aliphatic heterocycles. The summed E-state index contributed by atoms with van der Waals surface area (Å²) in [6, 6.07) is 10.5. The minimum absolute atomic E-state index is 0.0568. The minimum atomic E-state index is 0.0568. The van der Waals surface area contributed by atoms with Gasteiger partial charge in [0.2, 0.25) is 0 Å². The lowest BCUT2D eigenvalue weighted by molar-refractivity contribution is 0.0910. The van der Waals surface area contributed by atoms with Crippen LogP contribution in [0.5, 0.6) is 0 Å². The SMILES string of the molecule is CC1(C)CC(=O)c2cnn(CCCc3ccccc3)c2C1. The standard InChI is InChI=1S/C18H22N2O/c1-18(2)11-16-15(17(21)12-18)13-19-20(16)10-6-9-14-7-4-3-5-8-14/h3-5,7-8,13H,6,9-12H2,1-2H3. The molecule has 0 saturated carbocycles. The number of hydrogen-bond acceptors (Lipinski definition) is 2. The molecule has 0 radical (unpaired) electrons. The molecule has 0 N–H and O–H groups in total. The molecule has 0 saturated heterocycles. The molecule has 0 amide bonds. The van der Waals surface area contributed by atoms with Gasteiger partial charge in [-0.1, -0.05) is 44.2 Å². The van der Waals surface area contributed by atoms with E-state index in [1.807, 2.05) is 10.7 Å². The van der Waals surface area contributed by atoms with Gasteiger partial charge in [0.05, 0.1) is 11.8 Å². The summed E-state index contributed by atoms with van der Waals surface area (Å²) < 4.78 is 2.04.